The maximum absolute atomic E-state index is 12.0. The SMILES string of the molecule is CCOC(=O)C1(NC(=O)NC(CC)CO)CC1(C)C. The molecule has 2 amide bonds. The highest BCUT2D eigenvalue weighted by atomic mass is 16.5. The summed E-state index contributed by atoms with van der Waals surface area (Å²) in [4.78, 5) is 23.9. The van der Waals surface area contributed by atoms with Gasteiger partial charge >= 0.3 is 12.0 Å². The third kappa shape index (κ3) is 3.18. The lowest BCUT2D eigenvalue weighted by Gasteiger charge is -2.22. The summed E-state index contributed by atoms with van der Waals surface area (Å²) in [6.45, 7) is 7.58. The van der Waals surface area contributed by atoms with E-state index in [0.717, 1.165) is 0 Å². The Morgan fingerprint density at radius 3 is 2.32 bits per heavy atom. The standard InChI is InChI=1S/C13H24N2O4/c1-5-9(7-16)14-11(18)15-13(8-12(13,3)4)10(17)19-6-2/h9,16H,5-8H2,1-4H3,(H2,14,15,18). The number of esters is 1. The molecule has 0 radical (unpaired) electrons. The molecule has 0 aliphatic heterocycles. The normalized spacial score (nSPS) is 25.3. The van der Waals surface area contributed by atoms with Crippen molar-refractivity contribution in [1.82, 2.24) is 10.6 Å². The maximum Gasteiger partial charge on any atom is 0.332 e. The average molecular weight is 272 g/mol. The molecule has 3 N–H and O–H groups in total. The number of nitrogens with one attached hydrogen (secondary N) is 2. The van der Waals surface area contributed by atoms with Crippen LogP contribution in [0.5, 0.6) is 0 Å². The summed E-state index contributed by atoms with van der Waals surface area (Å²) < 4.78 is 5.03. The quantitative estimate of drug-likeness (QED) is 0.624. The van der Waals surface area contributed by atoms with E-state index in [2.05, 4.69) is 10.6 Å². The Bertz CT molecular complexity index is 353. The number of aliphatic hydroxyl groups excluding tert-OH is 1. The molecule has 2 atom stereocenters. The van der Waals surface area contributed by atoms with E-state index in [1.807, 2.05) is 20.8 Å². The molecule has 1 rings (SSSR count). The molecular formula is C13H24N2O4. The molecule has 0 aromatic carbocycles. The molecule has 1 aliphatic rings. The Morgan fingerprint density at radius 1 is 1.37 bits per heavy atom. The molecule has 1 fully saturated rings. The lowest BCUT2D eigenvalue weighted by atomic mass is 10.1. The summed E-state index contributed by atoms with van der Waals surface area (Å²) in [5.74, 6) is -0.396. The molecule has 0 aromatic rings. The fourth-order valence-electron chi connectivity index (χ4n) is 2.18. The van der Waals surface area contributed by atoms with Crippen molar-refractivity contribution in [2.45, 2.75) is 52.1 Å². The molecule has 6 heteroatoms. The first kappa shape index (κ1) is 15.8. The van der Waals surface area contributed by atoms with Crippen LogP contribution in [0.1, 0.15) is 40.5 Å². The number of ether oxygens (including phenoxy) is 1. The molecule has 19 heavy (non-hydrogen) atoms. The van der Waals surface area contributed by atoms with E-state index in [1.165, 1.54) is 0 Å². The third-order valence-electron chi connectivity index (χ3n) is 3.74. The number of carbonyl (C=O) groups is 2. The summed E-state index contributed by atoms with van der Waals surface area (Å²) >= 11 is 0. The fourth-order valence-corrected chi connectivity index (χ4v) is 2.18. The van der Waals surface area contributed by atoms with Gasteiger partial charge in [0.05, 0.1) is 19.3 Å². The Kier molecular flexibility index (Phi) is 4.79. The van der Waals surface area contributed by atoms with Gasteiger partial charge in [-0.2, -0.15) is 0 Å². The minimum Gasteiger partial charge on any atom is -0.464 e. The first-order chi connectivity index (χ1) is 8.82. The molecule has 6 nitrogen and oxygen atoms in total. The van der Waals surface area contributed by atoms with Crippen LogP contribution in [-0.2, 0) is 9.53 Å². The van der Waals surface area contributed by atoms with Crippen molar-refractivity contribution < 1.29 is 19.4 Å². The second-order valence-electron chi connectivity index (χ2n) is 5.57. The van der Waals surface area contributed by atoms with E-state index in [4.69, 9.17) is 9.84 Å². The van der Waals surface area contributed by atoms with Crippen molar-refractivity contribution in [3.63, 3.8) is 0 Å². The Labute approximate surface area is 113 Å². The zero-order valence-corrected chi connectivity index (χ0v) is 12.1. The van der Waals surface area contributed by atoms with Gasteiger partial charge in [-0.05, 0) is 19.8 Å². The molecule has 1 aliphatic carbocycles. The zero-order chi connectivity index (χ0) is 14.7. The topological polar surface area (TPSA) is 87.7 Å². The number of carbonyl (C=O) groups excluding carboxylic acids is 2. The number of urea groups is 1. The van der Waals surface area contributed by atoms with Crippen LogP contribution in [0.25, 0.3) is 0 Å². The van der Waals surface area contributed by atoms with Gasteiger partial charge in [-0.15, -0.1) is 0 Å². The molecule has 2 unspecified atom stereocenters. The summed E-state index contributed by atoms with van der Waals surface area (Å²) in [5, 5.41) is 14.4. The van der Waals surface area contributed by atoms with Crippen molar-refractivity contribution in [2.75, 3.05) is 13.2 Å². The van der Waals surface area contributed by atoms with Crippen LogP contribution >= 0.6 is 0 Å². The van der Waals surface area contributed by atoms with Crippen LogP contribution in [0.3, 0.4) is 0 Å². The second kappa shape index (κ2) is 5.77. The van der Waals surface area contributed by atoms with Gasteiger partial charge in [0.2, 0.25) is 0 Å². The van der Waals surface area contributed by atoms with Crippen molar-refractivity contribution >= 4 is 12.0 Å². The molecular weight excluding hydrogens is 248 g/mol. The van der Waals surface area contributed by atoms with Crippen LogP contribution in [-0.4, -0.2) is 41.9 Å². The van der Waals surface area contributed by atoms with Gasteiger partial charge in [0, 0.05) is 5.41 Å². The zero-order valence-electron chi connectivity index (χ0n) is 12.1. The predicted molar refractivity (Wildman–Crippen MR) is 70.6 cm³/mol. The number of amides is 2. The number of hydrogen-bond donors (Lipinski definition) is 3. The highest BCUT2D eigenvalue weighted by molar-refractivity contribution is 5.91. The Morgan fingerprint density at radius 2 is 1.95 bits per heavy atom. The average Bonchev–Trinajstić information content (AvgIpc) is 2.89. The fraction of sp³-hybridized carbons (Fsp3) is 0.846. The van der Waals surface area contributed by atoms with Crippen molar-refractivity contribution in [2.24, 2.45) is 5.41 Å². The highest BCUT2D eigenvalue weighted by Crippen LogP contribution is 2.56. The molecule has 1 saturated carbocycles. The molecule has 0 bridgehead atoms. The smallest absolute Gasteiger partial charge is 0.332 e. The summed E-state index contributed by atoms with van der Waals surface area (Å²) in [5.41, 5.74) is -1.25. The lowest BCUT2D eigenvalue weighted by Crippen LogP contribution is -2.53. The van der Waals surface area contributed by atoms with Gasteiger partial charge in [-0.3, -0.25) is 0 Å². The lowest BCUT2D eigenvalue weighted by molar-refractivity contribution is -0.147. The van der Waals surface area contributed by atoms with Gasteiger partial charge in [0.1, 0.15) is 5.54 Å². The van der Waals surface area contributed by atoms with E-state index in [0.29, 0.717) is 12.8 Å². The molecule has 0 aromatic heterocycles. The van der Waals surface area contributed by atoms with Crippen LogP contribution < -0.4 is 10.6 Å². The monoisotopic (exact) mass is 272 g/mol. The van der Waals surface area contributed by atoms with Crippen LogP contribution in [0.2, 0.25) is 0 Å². The molecule has 0 saturated heterocycles. The maximum atomic E-state index is 12.0. The minimum atomic E-state index is -0.944. The van der Waals surface area contributed by atoms with E-state index in [9.17, 15) is 9.59 Å². The highest BCUT2D eigenvalue weighted by Gasteiger charge is 2.68. The van der Waals surface area contributed by atoms with E-state index >= 15 is 0 Å². The molecule has 0 heterocycles. The van der Waals surface area contributed by atoms with Crippen molar-refractivity contribution in [3.8, 4) is 0 Å². The molecule has 0 spiro atoms. The Hall–Kier alpha value is -1.30. The summed E-state index contributed by atoms with van der Waals surface area (Å²) in [6, 6.07) is -0.749. The van der Waals surface area contributed by atoms with Gasteiger partial charge < -0.3 is 20.5 Å². The van der Waals surface area contributed by atoms with Crippen LogP contribution in [0.15, 0.2) is 0 Å². The van der Waals surface area contributed by atoms with Gasteiger partial charge in [0.25, 0.3) is 0 Å². The number of rotatable bonds is 6. The third-order valence-corrected chi connectivity index (χ3v) is 3.74. The number of aliphatic hydroxyl groups is 1. The van der Waals surface area contributed by atoms with Gasteiger partial charge in [0.15, 0.2) is 0 Å². The summed E-state index contributed by atoms with van der Waals surface area (Å²) in [7, 11) is 0. The van der Waals surface area contributed by atoms with E-state index in [-0.39, 0.29) is 24.7 Å². The first-order valence-electron chi connectivity index (χ1n) is 6.69. The largest absolute Gasteiger partial charge is 0.464 e. The first-order valence-corrected chi connectivity index (χ1v) is 6.69. The van der Waals surface area contributed by atoms with E-state index in [1.54, 1.807) is 6.92 Å². The van der Waals surface area contributed by atoms with Crippen molar-refractivity contribution in [1.29, 1.82) is 0 Å². The predicted octanol–water partition coefficient (Wildman–Crippen LogP) is 0.788. The van der Waals surface area contributed by atoms with Crippen molar-refractivity contribution in [3.05, 3.63) is 0 Å². The summed E-state index contributed by atoms with van der Waals surface area (Å²) in [6.07, 6.45) is 1.18. The van der Waals surface area contributed by atoms with E-state index < -0.39 is 17.5 Å². The number of hydrogen-bond acceptors (Lipinski definition) is 4. The Balaban J connectivity index is 2.66. The van der Waals surface area contributed by atoms with Gasteiger partial charge in [-0.1, -0.05) is 20.8 Å². The second-order valence-corrected chi connectivity index (χ2v) is 5.57. The molecule has 110 valence electrons. The van der Waals surface area contributed by atoms with Gasteiger partial charge in [-0.25, -0.2) is 9.59 Å². The van der Waals surface area contributed by atoms with Crippen LogP contribution in [0.4, 0.5) is 4.79 Å². The minimum absolute atomic E-state index is 0.125. The van der Waals surface area contributed by atoms with Crippen LogP contribution in [0, 0.1) is 5.41 Å².